The first-order valence-corrected chi connectivity index (χ1v) is 9.07. The number of benzene rings is 1. The van der Waals surface area contributed by atoms with Gasteiger partial charge >= 0.3 is 0 Å². The fraction of sp³-hybridized carbons (Fsp3) is 0.579. The lowest BCUT2D eigenvalue weighted by atomic mass is 10.1. The van der Waals surface area contributed by atoms with Crippen molar-refractivity contribution in [3.63, 3.8) is 0 Å². The van der Waals surface area contributed by atoms with Gasteiger partial charge in [0, 0.05) is 38.3 Å². The van der Waals surface area contributed by atoms with Gasteiger partial charge in [0.1, 0.15) is 5.75 Å². The van der Waals surface area contributed by atoms with Gasteiger partial charge in [-0.2, -0.15) is 0 Å². The fourth-order valence-electron chi connectivity index (χ4n) is 3.65. The molecule has 2 amide bonds. The Hall–Kier alpha value is -2.08. The molecule has 6 heteroatoms. The number of carbonyl (C=O) groups is 2. The van der Waals surface area contributed by atoms with E-state index in [4.69, 9.17) is 4.74 Å². The topological polar surface area (TPSA) is 53.1 Å². The first-order valence-electron chi connectivity index (χ1n) is 9.07. The van der Waals surface area contributed by atoms with Crippen LogP contribution in [0.4, 0.5) is 0 Å². The average Bonchev–Trinajstić information content (AvgIpc) is 3.16. The second-order valence-corrected chi connectivity index (χ2v) is 6.73. The summed E-state index contributed by atoms with van der Waals surface area (Å²) in [6, 6.07) is 7.22. The van der Waals surface area contributed by atoms with Crippen LogP contribution in [0.1, 0.15) is 23.7 Å². The van der Waals surface area contributed by atoms with Crippen LogP contribution in [0.15, 0.2) is 24.3 Å². The lowest BCUT2D eigenvalue weighted by molar-refractivity contribution is -0.136. The van der Waals surface area contributed by atoms with Crippen molar-refractivity contribution in [2.24, 2.45) is 5.92 Å². The van der Waals surface area contributed by atoms with Gasteiger partial charge in [0.2, 0.25) is 5.91 Å². The van der Waals surface area contributed by atoms with Crippen LogP contribution in [0.5, 0.6) is 5.75 Å². The molecule has 2 aliphatic heterocycles. The Bertz CT molecular complexity index is 626. The maximum atomic E-state index is 12.7. The Balaban J connectivity index is 1.54. The minimum Gasteiger partial charge on any atom is -0.497 e. The Morgan fingerprint density at radius 3 is 2.48 bits per heavy atom. The summed E-state index contributed by atoms with van der Waals surface area (Å²) in [5.74, 6) is 1.07. The van der Waals surface area contributed by atoms with E-state index < -0.39 is 0 Å². The van der Waals surface area contributed by atoms with Gasteiger partial charge in [0.15, 0.2) is 0 Å². The molecule has 0 spiro atoms. The molecule has 6 nitrogen and oxygen atoms in total. The van der Waals surface area contributed by atoms with Gasteiger partial charge in [0.05, 0.1) is 13.0 Å². The van der Waals surface area contributed by atoms with E-state index in [2.05, 4.69) is 11.8 Å². The highest BCUT2D eigenvalue weighted by Gasteiger charge is 2.33. The zero-order valence-corrected chi connectivity index (χ0v) is 15.1. The highest BCUT2D eigenvalue weighted by atomic mass is 16.5. The molecule has 25 heavy (non-hydrogen) atoms. The number of nitrogens with zero attached hydrogens (tertiary/aromatic N) is 3. The van der Waals surface area contributed by atoms with Crippen molar-refractivity contribution < 1.29 is 14.3 Å². The normalized spacial score (nSPS) is 21.4. The minimum absolute atomic E-state index is 0.00373. The third-order valence-electron chi connectivity index (χ3n) is 5.26. The van der Waals surface area contributed by atoms with Crippen molar-refractivity contribution in [3.05, 3.63) is 29.8 Å². The van der Waals surface area contributed by atoms with Crippen molar-refractivity contribution in [1.82, 2.24) is 14.7 Å². The molecule has 1 aromatic carbocycles. The van der Waals surface area contributed by atoms with E-state index in [0.717, 1.165) is 26.1 Å². The molecule has 2 heterocycles. The Kier molecular flexibility index (Phi) is 5.58. The highest BCUT2D eigenvalue weighted by Crippen LogP contribution is 2.20. The largest absolute Gasteiger partial charge is 0.497 e. The Labute approximate surface area is 149 Å². The van der Waals surface area contributed by atoms with Gasteiger partial charge in [-0.05, 0) is 37.7 Å². The number of rotatable bonds is 4. The van der Waals surface area contributed by atoms with Crippen molar-refractivity contribution in [3.8, 4) is 5.75 Å². The van der Waals surface area contributed by atoms with Crippen LogP contribution in [-0.2, 0) is 4.79 Å². The smallest absolute Gasteiger partial charge is 0.254 e. The van der Waals surface area contributed by atoms with E-state index in [9.17, 15) is 9.59 Å². The Morgan fingerprint density at radius 2 is 1.84 bits per heavy atom. The summed E-state index contributed by atoms with van der Waals surface area (Å²) in [4.78, 5) is 31.4. The molecule has 0 radical (unpaired) electrons. The molecule has 136 valence electrons. The number of hydrogen-bond acceptors (Lipinski definition) is 4. The summed E-state index contributed by atoms with van der Waals surface area (Å²) in [5, 5.41) is 0. The van der Waals surface area contributed by atoms with Gasteiger partial charge in [0.25, 0.3) is 5.91 Å². The van der Waals surface area contributed by atoms with Crippen LogP contribution < -0.4 is 4.74 Å². The fourth-order valence-corrected chi connectivity index (χ4v) is 3.65. The van der Waals surface area contributed by atoms with Crippen molar-refractivity contribution >= 4 is 11.8 Å². The van der Waals surface area contributed by atoms with Crippen LogP contribution >= 0.6 is 0 Å². The summed E-state index contributed by atoms with van der Waals surface area (Å²) in [7, 11) is 1.59. The number of ether oxygens (including phenoxy) is 1. The molecule has 1 atom stereocenters. The van der Waals surface area contributed by atoms with Gasteiger partial charge < -0.3 is 19.4 Å². The summed E-state index contributed by atoms with van der Waals surface area (Å²) < 4.78 is 5.19. The van der Waals surface area contributed by atoms with Gasteiger partial charge in [-0.1, -0.05) is 13.0 Å². The molecular formula is C19H27N3O3. The zero-order chi connectivity index (χ0) is 17.8. The SMILES string of the molecule is CCN1CC[C@H](C(=O)N2CCN(C(=O)c3cccc(OC)c3)CC2)C1. The molecule has 0 N–H and O–H groups in total. The first kappa shape index (κ1) is 17.7. The van der Waals surface area contributed by atoms with E-state index in [1.54, 1.807) is 19.2 Å². The molecule has 0 bridgehead atoms. The maximum Gasteiger partial charge on any atom is 0.254 e. The van der Waals surface area contributed by atoms with Crippen LogP contribution in [0.2, 0.25) is 0 Å². The molecule has 3 rings (SSSR count). The molecule has 0 aliphatic carbocycles. The minimum atomic E-state index is 0.00373. The number of likely N-dealkylation sites (tertiary alicyclic amines) is 1. The summed E-state index contributed by atoms with van der Waals surface area (Å²) >= 11 is 0. The lowest BCUT2D eigenvalue weighted by Gasteiger charge is -2.36. The highest BCUT2D eigenvalue weighted by molar-refractivity contribution is 5.94. The van der Waals surface area contributed by atoms with Crippen LogP contribution in [0.3, 0.4) is 0 Å². The summed E-state index contributed by atoms with van der Waals surface area (Å²) in [6.07, 6.45) is 0.954. The molecule has 1 aromatic rings. The molecule has 0 unspecified atom stereocenters. The summed E-state index contributed by atoms with van der Waals surface area (Å²) in [6.45, 7) is 7.45. The lowest BCUT2D eigenvalue weighted by Crippen LogP contribution is -2.52. The molecule has 2 fully saturated rings. The molecule has 2 aliphatic rings. The van der Waals surface area contributed by atoms with E-state index in [-0.39, 0.29) is 17.7 Å². The predicted molar refractivity (Wildman–Crippen MR) is 95.7 cm³/mol. The molecule has 0 saturated carbocycles. The quantitative estimate of drug-likeness (QED) is 0.826. The van der Waals surface area contributed by atoms with E-state index in [1.807, 2.05) is 21.9 Å². The third-order valence-corrected chi connectivity index (χ3v) is 5.26. The third kappa shape index (κ3) is 3.95. The maximum absolute atomic E-state index is 12.7. The average molecular weight is 345 g/mol. The molecular weight excluding hydrogens is 318 g/mol. The van der Waals surface area contributed by atoms with E-state index in [0.29, 0.717) is 37.5 Å². The second-order valence-electron chi connectivity index (χ2n) is 6.73. The zero-order valence-electron chi connectivity index (χ0n) is 15.1. The van der Waals surface area contributed by atoms with Crippen molar-refractivity contribution in [2.75, 3.05) is 52.9 Å². The number of hydrogen-bond donors (Lipinski definition) is 0. The van der Waals surface area contributed by atoms with Crippen molar-refractivity contribution in [2.45, 2.75) is 13.3 Å². The predicted octanol–water partition coefficient (Wildman–Crippen LogP) is 1.32. The van der Waals surface area contributed by atoms with E-state index >= 15 is 0 Å². The van der Waals surface area contributed by atoms with E-state index in [1.165, 1.54) is 0 Å². The second kappa shape index (κ2) is 7.87. The number of carbonyl (C=O) groups excluding carboxylic acids is 2. The molecule has 2 saturated heterocycles. The van der Waals surface area contributed by atoms with Gasteiger partial charge in [-0.15, -0.1) is 0 Å². The monoisotopic (exact) mass is 345 g/mol. The Morgan fingerprint density at radius 1 is 1.12 bits per heavy atom. The van der Waals surface area contributed by atoms with Crippen molar-refractivity contribution in [1.29, 1.82) is 0 Å². The summed E-state index contributed by atoms with van der Waals surface area (Å²) in [5.41, 5.74) is 0.633. The van der Waals surface area contributed by atoms with Crippen LogP contribution in [0.25, 0.3) is 0 Å². The van der Waals surface area contributed by atoms with Crippen LogP contribution in [-0.4, -0.2) is 79.4 Å². The number of piperazine rings is 1. The van der Waals surface area contributed by atoms with Gasteiger partial charge in [-0.25, -0.2) is 0 Å². The number of amides is 2. The van der Waals surface area contributed by atoms with Crippen LogP contribution in [0, 0.1) is 5.92 Å². The molecule has 0 aromatic heterocycles. The number of methoxy groups -OCH3 is 1. The first-order chi connectivity index (χ1) is 12.1. The van der Waals surface area contributed by atoms with Gasteiger partial charge in [-0.3, -0.25) is 9.59 Å². The standard InChI is InChI=1S/C19H27N3O3/c1-3-20-8-7-16(14-20)19(24)22-11-9-21(10-12-22)18(23)15-5-4-6-17(13-15)25-2/h4-6,13,16H,3,7-12,14H2,1-2H3/t16-/m0/s1.